The molecule has 4 unspecified atom stereocenters. The van der Waals surface area contributed by atoms with Crippen LogP contribution in [0.25, 0.3) is 0 Å². The maximum absolute atomic E-state index is 13.9. The van der Waals surface area contributed by atoms with Gasteiger partial charge in [-0.2, -0.15) is 0 Å². The van der Waals surface area contributed by atoms with Crippen LogP contribution < -0.4 is 10.6 Å². The second kappa shape index (κ2) is 9.59. The summed E-state index contributed by atoms with van der Waals surface area (Å²) in [5, 5.41) is 16.1. The molecule has 2 bridgehead atoms. The van der Waals surface area contributed by atoms with Crippen molar-refractivity contribution in [2.45, 2.75) is 86.3 Å². The third kappa shape index (κ3) is 3.92. The second-order valence-corrected chi connectivity index (χ2v) is 12.1. The number of fused-ring (bicyclic) bond motifs is 1. The fourth-order valence-corrected chi connectivity index (χ4v) is 9.43. The SMILES string of the molecule is CCCC(C)NC(=O)C1N([C@@H](CO)[C@@H](C)CC)C(=O)[C@@H]2[C@@H](C(=O)NC)[C@@H]3SC12CC3Br. The molecule has 3 saturated heterocycles. The van der Waals surface area contributed by atoms with Gasteiger partial charge in [0, 0.05) is 23.2 Å². The van der Waals surface area contributed by atoms with Crippen LogP contribution in [0.15, 0.2) is 0 Å². The zero-order valence-electron chi connectivity index (χ0n) is 19.1. The summed E-state index contributed by atoms with van der Waals surface area (Å²) in [7, 11) is 1.60. The molecule has 9 atom stereocenters. The van der Waals surface area contributed by atoms with E-state index in [1.54, 1.807) is 23.7 Å². The first-order valence-corrected chi connectivity index (χ1v) is 13.2. The Morgan fingerprint density at radius 1 is 1.32 bits per heavy atom. The van der Waals surface area contributed by atoms with E-state index in [1.165, 1.54) is 0 Å². The monoisotopic (exact) mass is 517 g/mol. The molecule has 7 nitrogen and oxygen atoms in total. The Bertz CT molecular complexity index is 725. The molecule has 3 heterocycles. The van der Waals surface area contributed by atoms with Gasteiger partial charge in [-0.1, -0.05) is 49.5 Å². The molecule has 0 aliphatic carbocycles. The van der Waals surface area contributed by atoms with E-state index in [0.717, 1.165) is 19.3 Å². The minimum absolute atomic E-state index is 0.000755. The quantitative estimate of drug-likeness (QED) is 0.405. The lowest BCUT2D eigenvalue weighted by molar-refractivity contribution is -0.144. The van der Waals surface area contributed by atoms with Crippen LogP contribution in [0.1, 0.15) is 53.4 Å². The summed E-state index contributed by atoms with van der Waals surface area (Å²) < 4.78 is -0.663. The normalized spacial score (nSPS) is 36.8. The Morgan fingerprint density at radius 3 is 2.55 bits per heavy atom. The zero-order valence-corrected chi connectivity index (χ0v) is 21.5. The maximum atomic E-state index is 13.9. The van der Waals surface area contributed by atoms with Gasteiger partial charge in [0.2, 0.25) is 17.7 Å². The number of likely N-dealkylation sites (tertiary alicyclic amines) is 1. The van der Waals surface area contributed by atoms with E-state index in [9.17, 15) is 19.5 Å². The number of amides is 3. The van der Waals surface area contributed by atoms with Crippen molar-refractivity contribution >= 4 is 45.4 Å². The number of carbonyl (C=O) groups is 3. The Balaban J connectivity index is 2.07. The lowest BCUT2D eigenvalue weighted by Gasteiger charge is -2.39. The van der Waals surface area contributed by atoms with Gasteiger partial charge in [0.15, 0.2) is 0 Å². The van der Waals surface area contributed by atoms with Crippen molar-refractivity contribution in [1.82, 2.24) is 15.5 Å². The van der Waals surface area contributed by atoms with Crippen molar-refractivity contribution in [3.8, 4) is 0 Å². The molecule has 176 valence electrons. The van der Waals surface area contributed by atoms with Crippen LogP contribution in [0.4, 0.5) is 0 Å². The molecule has 3 aliphatic heterocycles. The van der Waals surface area contributed by atoms with Gasteiger partial charge in [-0.15, -0.1) is 11.8 Å². The molecule has 0 aromatic carbocycles. The Labute approximate surface area is 198 Å². The van der Waals surface area contributed by atoms with Gasteiger partial charge < -0.3 is 20.6 Å². The average molecular weight is 519 g/mol. The highest BCUT2D eigenvalue weighted by Crippen LogP contribution is 2.68. The Morgan fingerprint density at radius 2 is 2.00 bits per heavy atom. The summed E-state index contributed by atoms with van der Waals surface area (Å²) in [5.74, 6) is -1.47. The number of hydrogen-bond acceptors (Lipinski definition) is 5. The standard InChI is InChI=1S/C22H36BrN3O4S/c1-6-8-12(4)25-20(29)18-22-9-13(23)17(31-22)15(19(28)24-5)16(22)21(30)26(18)14(10-27)11(3)7-2/h11-18,27H,6-10H2,1-5H3,(H,24,28)(H,25,29)/t11-,12?,13?,14-,15+,16-,17+,18?,22?/m0/s1. The molecular weight excluding hydrogens is 482 g/mol. The van der Waals surface area contributed by atoms with Crippen molar-refractivity contribution in [3.63, 3.8) is 0 Å². The summed E-state index contributed by atoms with van der Waals surface area (Å²) in [6.45, 7) is 7.88. The molecule has 9 heteroatoms. The Hall–Kier alpha value is -0.800. The fraction of sp³-hybridized carbons (Fsp3) is 0.864. The summed E-state index contributed by atoms with van der Waals surface area (Å²) >= 11 is 5.37. The number of nitrogens with zero attached hydrogens (tertiary/aromatic N) is 1. The molecule has 3 amide bonds. The molecule has 1 spiro atoms. The van der Waals surface area contributed by atoms with E-state index < -0.39 is 28.7 Å². The lowest BCUT2D eigenvalue weighted by atomic mass is 9.70. The first kappa shape index (κ1) is 24.8. The smallest absolute Gasteiger partial charge is 0.244 e. The van der Waals surface area contributed by atoms with Gasteiger partial charge in [0.1, 0.15) is 6.04 Å². The predicted molar refractivity (Wildman–Crippen MR) is 126 cm³/mol. The Kier molecular flexibility index (Phi) is 7.69. The number of hydrogen-bond donors (Lipinski definition) is 3. The molecule has 0 aromatic heterocycles. The van der Waals surface area contributed by atoms with Crippen molar-refractivity contribution in [3.05, 3.63) is 0 Å². The zero-order chi connectivity index (χ0) is 23.1. The van der Waals surface area contributed by atoms with E-state index in [4.69, 9.17) is 0 Å². The maximum Gasteiger partial charge on any atom is 0.244 e. The molecule has 3 fully saturated rings. The van der Waals surface area contributed by atoms with E-state index in [2.05, 4.69) is 33.5 Å². The van der Waals surface area contributed by atoms with E-state index in [1.807, 2.05) is 20.8 Å². The van der Waals surface area contributed by atoms with Crippen molar-refractivity contribution < 1.29 is 19.5 Å². The third-order valence-electron chi connectivity index (χ3n) is 7.48. The van der Waals surface area contributed by atoms with Gasteiger partial charge in [0.25, 0.3) is 0 Å². The van der Waals surface area contributed by atoms with Gasteiger partial charge in [-0.3, -0.25) is 14.4 Å². The number of aliphatic hydroxyl groups excluding tert-OH is 1. The summed E-state index contributed by atoms with van der Waals surface area (Å²) in [5.41, 5.74) is 0. The summed E-state index contributed by atoms with van der Waals surface area (Å²) in [4.78, 5) is 42.1. The molecule has 0 saturated carbocycles. The summed E-state index contributed by atoms with van der Waals surface area (Å²) in [6.07, 6.45) is 3.24. The van der Waals surface area contributed by atoms with Crippen molar-refractivity contribution in [2.75, 3.05) is 13.7 Å². The van der Waals surface area contributed by atoms with Gasteiger partial charge in [0.05, 0.1) is 29.2 Å². The first-order chi connectivity index (χ1) is 14.7. The van der Waals surface area contributed by atoms with Crippen molar-refractivity contribution in [2.24, 2.45) is 17.8 Å². The van der Waals surface area contributed by atoms with E-state index in [-0.39, 0.29) is 46.4 Å². The van der Waals surface area contributed by atoms with Crippen LogP contribution in [-0.4, -0.2) is 74.3 Å². The minimum Gasteiger partial charge on any atom is -0.394 e. The minimum atomic E-state index is -0.694. The third-order valence-corrected chi connectivity index (χ3v) is 10.7. The van der Waals surface area contributed by atoms with Crippen LogP contribution in [-0.2, 0) is 14.4 Å². The number of rotatable bonds is 9. The van der Waals surface area contributed by atoms with E-state index >= 15 is 0 Å². The molecule has 3 N–H and O–H groups in total. The van der Waals surface area contributed by atoms with Gasteiger partial charge in [-0.25, -0.2) is 0 Å². The van der Waals surface area contributed by atoms with Crippen LogP contribution >= 0.6 is 27.7 Å². The molecular formula is C22H36BrN3O4S. The number of aliphatic hydroxyl groups is 1. The molecule has 3 aliphatic rings. The van der Waals surface area contributed by atoms with Crippen LogP contribution in [0.2, 0.25) is 0 Å². The van der Waals surface area contributed by atoms with Crippen molar-refractivity contribution in [1.29, 1.82) is 0 Å². The predicted octanol–water partition coefficient (Wildman–Crippen LogP) is 1.91. The highest BCUT2D eigenvalue weighted by Gasteiger charge is 2.76. The molecule has 3 rings (SSSR count). The second-order valence-electron chi connectivity index (χ2n) is 9.36. The topological polar surface area (TPSA) is 98.7 Å². The van der Waals surface area contributed by atoms with Gasteiger partial charge >= 0.3 is 0 Å². The largest absolute Gasteiger partial charge is 0.394 e. The fourth-order valence-electron chi connectivity index (χ4n) is 5.83. The van der Waals surface area contributed by atoms with Crippen LogP contribution in [0.5, 0.6) is 0 Å². The highest BCUT2D eigenvalue weighted by atomic mass is 79.9. The highest BCUT2D eigenvalue weighted by molar-refractivity contribution is 9.09. The number of alkyl halides is 1. The first-order valence-electron chi connectivity index (χ1n) is 11.4. The number of thioether (sulfide) groups is 1. The number of nitrogens with one attached hydrogen (secondary N) is 2. The van der Waals surface area contributed by atoms with E-state index in [0.29, 0.717) is 6.42 Å². The molecule has 31 heavy (non-hydrogen) atoms. The molecule has 0 radical (unpaired) electrons. The average Bonchev–Trinajstić information content (AvgIpc) is 3.32. The van der Waals surface area contributed by atoms with Gasteiger partial charge in [-0.05, 0) is 25.7 Å². The number of carbonyl (C=O) groups excluding carboxylic acids is 3. The lowest BCUT2D eigenvalue weighted by Crippen LogP contribution is -2.59. The van der Waals surface area contributed by atoms with Crippen LogP contribution in [0, 0.1) is 17.8 Å². The summed E-state index contributed by atoms with van der Waals surface area (Å²) in [6, 6.07) is -1.15. The van der Waals surface area contributed by atoms with Crippen LogP contribution in [0.3, 0.4) is 0 Å². The molecule has 0 aromatic rings. The number of halogens is 1.